The molecule has 0 aliphatic carbocycles. The van der Waals surface area contributed by atoms with Crippen molar-refractivity contribution >= 4 is 34.0 Å². The normalized spacial score (nSPS) is 16.9. The molecule has 4 heterocycles. The predicted octanol–water partition coefficient (Wildman–Crippen LogP) is 2.94. The largest absolute Gasteiger partial charge is 0.378 e. The molecule has 2 amide bonds. The van der Waals surface area contributed by atoms with Crippen molar-refractivity contribution in [2.75, 3.05) is 69.2 Å². The summed E-state index contributed by atoms with van der Waals surface area (Å²) < 4.78 is 10.5. The first-order chi connectivity index (χ1) is 17.1. The lowest BCUT2D eigenvalue weighted by Gasteiger charge is -2.34. The monoisotopic (exact) mass is 495 g/mol. The maximum absolute atomic E-state index is 13.4. The van der Waals surface area contributed by atoms with Crippen molar-refractivity contribution in [1.82, 2.24) is 15.0 Å². The number of piperazine rings is 1. The summed E-state index contributed by atoms with van der Waals surface area (Å²) >= 11 is 1.56. The number of nitrogens with zero attached hydrogens (tertiary/aromatic N) is 4. The van der Waals surface area contributed by atoms with Gasteiger partial charge in [0.1, 0.15) is 5.76 Å². The maximum atomic E-state index is 13.4. The second-order valence-electron chi connectivity index (χ2n) is 8.73. The first-order valence-electron chi connectivity index (χ1n) is 11.8. The van der Waals surface area contributed by atoms with Crippen LogP contribution in [0.15, 0.2) is 47.0 Å². The average molecular weight is 496 g/mol. The molecule has 0 bridgehead atoms. The summed E-state index contributed by atoms with van der Waals surface area (Å²) in [5.74, 6) is 0.977. The molecule has 2 aliphatic rings. The Bertz CT molecular complexity index is 1160. The third-order valence-electron chi connectivity index (χ3n) is 6.23. The summed E-state index contributed by atoms with van der Waals surface area (Å²) in [5.41, 5.74) is 2.21. The second kappa shape index (κ2) is 10.6. The molecule has 35 heavy (non-hydrogen) atoms. The van der Waals surface area contributed by atoms with Crippen LogP contribution >= 0.6 is 11.3 Å². The van der Waals surface area contributed by atoms with Crippen LogP contribution in [0.4, 0.5) is 10.8 Å². The molecule has 2 fully saturated rings. The van der Waals surface area contributed by atoms with Crippen molar-refractivity contribution < 1.29 is 18.8 Å². The standard InChI is InChI=1S/C25H29N5O4S/c1-18-15-22(27-34-18)26-23(31)17-28-7-9-29(10-8-28)24(32)21-16-20(19-5-3-2-4-6-19)25(35-21)30-11-13-33-14-12-30/h2-6,15-16H,7-14,17H2,1H3,(H,26,27,31). The topological polar surface area (TPSA) is 91.2 Å². The fourth-order valence-corrected chi connectivity index (χ4v) is 5.59. The third-order valence-corrected chi connectivity index (χ3v) is 7.41. The van der Waals surface area contributed by atoms with E-state index in [0.29, 0.717) is 51.0 Å². The average Bonchev–Trinajstić information content (AvgIpc) is 3.51. The van der Waals surface area contributed by atoms with E-state index in [9.17, 15) is 9.59 Å². The van der Waals surface area contributed by atoms with Crippen molar-refractivity contribution in [3.63, 3.8) is 0 Å². The van der Waals surface area contributed by atoms with E-state index in [0.717, 1.165) is 34.1 Å². The van der Waals surface area contributed by atoms with Crippen LogP contribution in [-0.4, -0.2) is 85.8 Å². The Morgan fingerprint density at radius 2 is 1.77 bits per heavy atom. The third kappa shape index (κ3) is 5.55. The number of aromatic nitrogens is 1. The van der Waals surface area contributed by atoms with Crippen molar-refractivity contribution in [1.29, 1.82) is 0 Å². The number of anilines is 2. The van der Waals surface area contributed by atoms with Gasteiger partial charge in [-0.15, -0.1) is 11.3 Å². The predicted molar refractivity (Wildman–Crippen MR) is 135 cm³/mol. The highest BCUT2D eigenvalue weighted by Gasteiger charge is 2.27. The van der Waals surface area contributed by atoms with Crippen molar-refractivity contribution in [3.05, 3.63) is 53.1 Å². The number of ether oxygens (including phenoxy) is 1. The Balaban J connectivity index is 1.23. The SMILES string of the molecule is Cc1cc(NC(=O)CN2CCN(C(=O)c3cc(-c4ccccc4)c(N4CCOCC4)s3)CC2)no1. The number of hydrogen-bond donors (Lipinski definition) is 1. The lowest BCUT2D eigenvalue weighted by Crippen LogP contribution is -2.50. The van der Waals surface area contributed by atoms with E-state index in [1.807, 2.05) is 29.2 Å². The summed E-state index contributed by atoms with van der Waals surface area (Å²) in [7, 11) is 0. The first-order valence-corrected chi connectivity index (χ1v) is 12.7. The van der Waals surface area contributed by atoms with Crippen LogP contribution in [0.1, 0.15) is 15.4 Å². The minimum atomic E-state index is -0.140. The van der Waals surface area contributed by atoms with Crippen LogP contribution in [-0.2, 0) is 9.53 Å². The Hall–Kier alpha value is -3.21. The van der Waals surface area contributed by atoms with E-state index in [4.69, 9.17) is 9.26 Å². The summed E-state index contributed by atoms with van der Waals surface area (Å²) in [4.78, 5) is 32.8. The molecular formula is C25H29N5O4S. The number of carbonyl (C=O) groups is 2. The summed E-state index contributed by atoms with van der Waals surface area (Å²) in [6.07, 6.45) is 0. The number of morpholine rings is 1. The minimum Gasteiger partial charge on any atom is -0.378 e. The van der Waals surface area contributed by atoms with Gasteiger partial charge in [0.05, 0.1) is 29.6 Å². The quantitative estimate of drug-likeness (QED) is 0.562. The minimum absolute atomic E-state index is 0.0499. The first kappa shape index (κ1) is 23.5. The lowest BCUT2D eigenvalue weighted by atomic mass is 10.1. The van der Waals surface area contributed by atoms with Crippen LogP contribution < -0.4 is 10.2 Å². The Morgan fingerprint density at radius 3 is 2.46 bits per heavy atom. The zero-order valence-corrected chi connectivity index (χ0v) is 20.6. The van der Waals surface area contributed by atoms with Crippen LogP contribution in [0.3, 0.4) is 0 Å². The number of amides is 2. The molecule has 0 unspecified atom stereocenters. The van der Waals surface area contributed by atoms with Gasteiger partial charge in [-0.3, -0.25) is 14.5 Å². The number of benzene rings is 1. The van der Waals surface area contributed by atoms with E-state index in [2.05, 4.69) is 32.4 Å². The molecule has 2 aliphatic heterocycles. The molecule has 2 aromatic heterocycles. The van der Waals surface area contributed by atoms with E-state index in [1.165, 1.54) is 0 Å². The number of carbonyl (C=O) groups excluding carboxylic acids is 2. The maximum Gasteiger partial charge on any atom is 0.264 e. The fraction of sp³-hybridized carbons (Fsp3) is 0.400. The van der Waals surface area contributed by atoms with Gasteiger partial charge in [0.2, 0.25) is 5.91 Å². The summed E-state index contributed by atoms with van der Waals surface area (Å²) in [6, 6.07) is 13.9. The van der Waals surface area contributed by atoms with Crippen molar-refractivity contribution in [3.8, 4) is 11.1 Å². The Kier molecular flexibility index (Phi) is 7.12. The molecule has 3 aromatic rings. The molecule has 2 saturated heterocycles. The van der Waals surface area contributed by atoms with Gasteiger partial charge in [-0.1, -0.05) is 35.5 Å². The van der Waals surface area contributed by atoms with Gasteiger partial charge in [-0.25, -0.2) is 0 Å². The van der Waals surface area contributed by atoms with E-state index in [-0.39, 0.29) is 18.4 Å². The van der Waals surface area contributed by atoms with Gasteiger partial charge in [-0.2, -0.15) is 0 Å². The lowest BCUT2D eigenvalue weighted by molar-refractivity contribution is -0.117. The van der Waals surface area contributed by atoms with E-state index in [1.54, 1.807) is 24.3 Å². The zero-order chi connectivity index (χ0) is 24.2. The van der Waals surface area contributed by atoms with Crippen LogP contribution in [0.25, 0.3) is 11.1 Å². The number of nitrogens with one attached hydrogen (secondary N) is 1. The molecule has 1 aromatic carbocycles. The van der Waals surface area contributed by atoms with Crippen LogP contribution in [0.5, 0.6) is 0 Å². The van der Waals surface area contributed by atoms with Gasteiger partial charge in [0.15, 0.2) is 5.82 Å². The van der Waals surface area contributed by atoms with Gasteiger partial charge in [0, 0.05) is 50.9 Å². The Morgan fingerprint density at radius 1 is 1.03 bits per heavy atom. The number of rotatable bonds is 6. The number of hydrogen-bond acceptors (Lipinski definition) is 8. The van der Waals surface area contributed by atoms with Crippen molar-refractivity contribution in [2.45, 2.75) is 6.92 Å². The molecule has 9 nitrogen and oxygen atoms in total. The Labute approximate surface area is 208 Å². The van der Waals surface area contributed by atoms with E-state index >= 15 is 0 Å². The van der Waals surface area contributed by atoms with Crippen molar-refractivity contribution in [2.24, 2.45) is 0 Å². The highest BCUT2D eigenvalue weighted by Crippen LogP contribution is 2.40. The number of aryl methyl sites for hydroxylation is 1. The summed E-state index contributed by atoms with van der Waals surface area (Å²) in [6.45, 7) is 7.52. The molecule has 184 valence electrons. The van der Waals surface area contributed by atoms with Gasteiger partial charge in [0.25, 0.3) is 5.91 Å². The van der Waals surface area contributed by atoms with Crippen LogP contribution in [0.2, 0.25) is 0 Å². The van der Waals surface area contributed by atoms with Gasteiger partial charge >= 0.3 is 0 Å². The molecule has 0 atom stereocenters. The molecule has 1 N–H and O–H groups in total. The smallest absolute Gasteiger partial charge is 0.264 e. The van der Waals surface area contributed by atoms with Gasteiger partial charge in [-0.05, 0) is 18.6 Å². The molecule has 5 rings (SSSR count). The van der Waals surface area contributed by atoms with Crippen LogP contribution in [0, 0.1) is 6.92 Å². The second-order valence-corrected chi connectivity index (χ2v) is 9.76. The van der Waals surface area contributed by atoms with Gasteiger partial charge < -0.3 is 24.4 Å². The molecule has 10 heteroatoms. The zero-order valence-electron chi connectivity index (χ0n) is 19.7. The fourth-order valence-electron chi connectivity index (χ4n) is 4.39. The van der Waals surface area contributed by atoms with E-state index < -0.39 is 0 Å². The molecule has 0 radical (unpaired) electrons. The summed E-state index contributed by atoms with van der Waals surface area (Å²) in [5, 5.41) is 7.67. The number of thiophene rings is 1. The molecule has 0 saturated carbocycles. The highest BCUT2D eigenvalue weighted by atomic mass is 32.1. The molecular weight excluding hydrogens is 466 g/mol. The molecule has 0 spiro atoms. The highest BCUT2D eigenvalue weighted by molar-refractivity contribution is 7.18.